The molecule has 7 nitrogen and oxygen atoms in total. The smallest absolute Gasteiger partial charge is 0.258 e. The summed E-state index contributed by atoms with van der Waals surface area (Å²) in [7, 11) is 0. The van der Waals surface area contributed by atoms with Crippen LogP contribution in [0.1, 0.15) is 63.1 Å². The molecule has 5 rings (SSSR count). The third-order valence-electron chi connectivity index (χ3n) is 7.27. The number of halogens is 1. The van der Waals surface area contributed by atoms with Crippen molar-refractivity contribution in [3.05, 3.63) is 65.3 Å². The number of hydrogen-bond donors (Lipinski definition) is 3. The van der Waals surface area contributed by atoms with E-state index in [-0.39, 0.29) is 23.7 Å². The van der Waals surface area contributed by atoms with Crippen LogP contribution in [0, 0.1) is 5.41 Å². The fourth-order valence-electron chi connectivity index (χ4n) is 4.56. The molecule has 1 aromatic carbocycles. The number of aromatic nitrogens is 3. The van der Waals surface area contributed by atoms with E-state index in [1.54, 1.807) is 26.2 Å². The molecule has 3 aromatic rings. The molecule has 8 heteroatoms. The van der Waals surface area contributed by atoms with Crippen LogP contribution in [0.2, 0.25) is 0 Å². The summed E-state index contributed by atoms with van der Waals surface area (Å²) in [4.78, 5) is 8.73. The van der Waals surface area contributed by atoms with E-state index < -0.39 is 16.6 Å². The molecule has 3 N–H and O–H groups in total. The van der Waals surface area contributed by atoms with Gasteiger partial charge >= 0.3 is 0 Å². The van der Waals surface area contributed by atoms with E-state index in [2.05, 4.69) is 58.6 Å². The lowest BCUT2D eigenvalue weighted by Crippen LogP contribution is -2.63. The van der Waals surface area contributed by atoms with Gasteiger partial charge in [0.15, 0.2) is 0 Å². The Hall–Kier alpha value is -2.32. The fourth-order valence-corrected chi connectivity index (χ4v) is 4.56. The van der Waals surface area contributed by atoms with Crippen molar-refractivity contribution < 1.29 is 14.7 Å². The van der Waals surface area contributed by atoms with E-state index in [0.717, 1.165) is 5.56 Å². The zero-order valence-electron chi connectivity index (χ0n) is 19.4. The highest BCUT2D eigenvalue weighted by Gasteiger charge is 2.53. The quantitative estimate of drug-likeness (QED) is 0.504. The molecule has 1 aliphatic carbocycles. The Morgan fingerprint density at radius 2 is 1.67 bits per heavy atom. The molecule has 0 bridgehead atoms. The normalized spacial score (nSPS) is 20.3. The largest absolute Gasteiger partial charge is 0.381 e. The molecule has 0 unspecified atom stereocenters. The Labute approximate surface area is 200 Å². The van der Waals surface area contributed by atoms with Crippen molar-refractivity contribution in [3.8, 4) is 11.4 Å². The third-order valence-corrected chi connectivity index (χ3v) is 7.27. The summed E-state index contributed by atoms with van der Waals surface area (Å²) in [5.74, 6) is 0.459. The number of rotatable bonds is 6. The Morgan fingerprint density at radius 3 is 2.18 bits per heavy atom. The van der Waals surface area contributed by atoms with E-state index in [4.69, 9.17) is 4.52 Å². The first-order valence-electron chi connectivity index (χ1n) is 11.1. The highest BCUT2D eigenvalue weighted by atomic mass is 35.5. The molecule has 1 atom stereocenters. The monoisotopic (exact) mass is 470 g/mol. The second kappa shape index (κ2) is 7.87. The molecule has 176 valence electrons. The minimum Gasteiger partial charge on any atom is -0.381 e. The maximum absolute atomic E-state index is 12.3. The highest BCUT2D eigenvalue weighted by Crippen LogP contribution is 2.50. The molecule has 0 spiro atoms. The Kier molecular flexibility index (Phi) is 5.69. The van der Waals surface area contributed by atoms with Crippen molar-refractivity contribution in [2.75, 3.05) is 13.1 Å². The minimum absolute atomic E-state index is 0. The van der Waals surface area contributed by atoms with Gasteiger partial charge in [0, 0.05) is 42.0 Å². The van der Waals surface area contributed by atoms with Crippen LogP contribution in [0.4, 0.5) is 0 Å². The average Bonchev–Trinajstić information content (AvgIpc) is 3.30. The molecule has 2 aromatic heterocycles. The molecule has 2 aliphatic rings. The number of pyridine rings is 1. The standard InChI is InChI=1S/C25H30N4O3.ClH/c1-22(2,30)21-28-20(29-32-21)16-11-19(13-26-12-16)25(31,24(4)14-27-15-24)18-7-5-17(6-8-18)23(3)9-10-23;/h5-8,11-13,27,30-31H,9-10,14-15H2,1-4H3;1H/t25-;/m0./s1. The molecule has 0 amide bonds. The molecular formula is C25H31ClN4O3. The van der Waals surface area contributed by atoms with E-state index in [0.29, 0.717) is 30.0 Å². The number of aliphatic hydroxyl groups is 2. The predicted molar refractivity (Wildman–Crippen MR) is 127 cm³/mol. The lowest BCUT2D eigenvalue weighted by Gasteiger charge is -2.52. The summed E-state index contributed by atoms with van der Waals surface area (Å²) in [6.07, 6.45) is 5.77. The van der Waals surface area contributed by atoms with Gasteiger partial charge in [-0.1, -0.05) is 43.3 Å². The summed E-state index contributed by atoms with van der Waals surface area (Å²) in [5.41, 5.74) is 0.869. The lowest BCUT2D eigenvalue weighted by molar-refractivity contribution is -0.0769. The molecule has 1 saturated carbocycles. The number of nitrogens with zero attached hydrogens (tertiary/aromatic N) is 3. The van der Waals surface area contributed by atoms with Gasteiger partial charge in [-0.2, -0.15) is 4.98 Å². The van der Waals surface area contributed by atoms with Crippen molar-refractivity contribution in [1.29, 1.82) is 0 Å². The molecule has 33 heavy (non-hydrogen) atoms. The Balaban J connectivity index is 0.00000259. The summed E-state index contributed by atoms with van der Waals surface area (Å²) in [5, 5.41) is 29.7. The number of benzene rings is 1. The molecule has 2 fully saturated rings. The van der Waals surface area contributed by atoms with E-state index in [1.165, 1.54) is 18.4 Å². The van der Waals surface area contributed by atoms with Crippen LogP contribution in [0.5, 0.6) is 0 Å². The van der Waals surface area contributed by atoms with Crippen LogP contribution < -0.4 is 5.32 Å². The van der Waals surface area contributed by atoms with Crippen molar-refractivity contribution >= 4 is 12.4 Å². The molecule has 3 heterocycles. The second-order valence-electron chi connectivity index (χ2n) is 10.5. The summed E-state index contributed by atoms with van der Waals surface area (Å²) in [6, 6.07) is 10.3. The summed E-state index contributed by atoms with van der Waals surface area (Å²) < 4.78 is 5.23. The van der Waals surface area contributed by atoms with Gasteiger partial charge in [-0.3, -0.25) is 4.98 Å². The number of hydrogen-bond acceptors (Lipinski definition) is 7. The molecular weight excluding hydrogens is 440 g/mol. The van der Waals surface area contributed by atoms with Crippen molar-refractivity contribution in [3.63, 3.8) is 0 Å². The van der Waals surface area contributed by atoms with Crippen molar-refractivity contribution in [1.82, 2.24) is 20.4 Å². The van der Waals surface area contributed by atoms with Gasteiger partial charge in [-0.25, -0.2) is 0 Å². The molecule has 1 saturated heterocycles. The van der Waals surface area contributed by atoms with Crippen molar-refractivity contribution in [2.45, 2.75) is 57.2 Å². The summed E-state index contributed by atoms with van der Waals surface area (Å²) in [6.45, 7) is 8.94. The van der Waals surface area contributed by atoms with Gasteiger partial charge in [0.25, 0.3) is 5.89 Å². The lowest BCUT2D eigenvalue weighted by atomic mass is 9.63. The van der Waals surface area contributed by atoms with E-state index in [1.807, 2.05) is 6.07 Å². The van der Waals surface area contributed by atoms with E-state index in [9.17, 15) is 10.2 Å². The zero-order chi connectivity index (χ0) is 22.8. The minimum atomic E-state index is -1.24. The topological polar surface area (TPSA) is 104 Å². The van der Waals surface area contributed by atoms with Crippen LogP contribution in [-0.4, -0.2) is 38.4 Å². The van der Waals surface area contributed by atoms with Gasteiger partial charge in [-0.15, -0.1) is 12.4 Å². The van der Waals surface area contributed by atoms with Gasteiger partial charge in [-0.05, 0) is 49.3 Å². The van der Waals surface area contributed by atoms with Crippen LogP contribution in [0.15, 0.2) is 47.2 Å². The van der Waals surface area contributed by atoms with E-state index >= 15 is 0 Å². The third kappa shape index (κ3) is 3.87. The highest BCUT2D eigenvalue weighted by molar-refractivity contribution is 5.85. The van der Waals surface area contributed by atoms with Gasteiger partial charge in [0.2, 0.25) is 5.82 Å². The van der Waals surface area contributed by atoms with Crippen LogP contribution >= 0.6 is 12.4 Å². The number of nitrogens with one attached hydrogen (secondary N) is 1. The van der Waals surface area contributed by atoms with Crippen LogP contribution in [0.25, 0.3) is 11.4 Å². The second-order valence-corrected chi connectivity index (χ2v) is 10.5. The first-order valence-corrected chi connectivity index (χ1v) is 11.1. The Morgan fingerprint density at radius 1 is 1.00 bits per heavy atom. The summed E-state index contributed by atoms with van der Waals surface area (Å²) >= 11 is 0. The predicted octanol–water partition coefficient (Wildman–Crippen LogP) is 3.68. The maximum Gasteiger partial charge on any atom is 0.258 e. The first-order chi connectivity index (χ1) is 15.1. The SMILES string of the molecule is CC(C)(O)c1nc(-c2cncc([C@@](O)(c3ccc(C4(C)CC4)cc3)C3(C)CNC3)c2)no1.Cl. The zero-order valence-corrected chi connectivity index (χ0v) is 20.2. The van der Waals surface area contributed by atoms with Crippen LogP contribution in [-0.2, 0) is 16.6 Å². The fraction of sp³-hybridized carbons (Fsp3) is 0.480. The molecule has 1 aliphatic heterocycles. The van der Waals surface area contributed by atoms with Crippen molar-refractivity contribution in [2.24, 2.45) is 5.41 Å². The molecule has 0 radical (unpaired) electrons. The van der Waals surface area contributed by atoms with Gasteiger partial charge in [0.1, 0.15) is 11.2 Å². The van der Waals surface area contributed by atoms with Gasteiger partial charge in [0.05, 0.1) is 0 Å². The maximum atomic E-state index is 12.3. The Bertz CT molecular complexity index is 1150. The first kappa shape index (κ1) is 23.8. The van der Waals surface area contributed by atoms with Gasteiger partial charge < -0.3 is 20.1 Å². The average molecular weight is 471 g/mol. The van der Waals surface area contributed by atoms with Crippen LogP contribution in [0.3, 0.4) is 0 Å².